The van der Waals surface area contributed by atoms with Crippen LogP contribution in [0.2, 0.25) is 0 Å². The second-order valence-electron chi connectivity index (χ2n) is 8.94. The van der Waals surface area contributed by atoms with Crippen molar-refractivity contribution in [2.45, 2.75) is 57.5 Å². The van der Waals surface area contributed by atoms with E-state index in [2.05, 4.69) is 11.8 Å². The second-order valence-corrected chi connectivity index (χ2v) is 8.94. The molecule has 0 saturated heterocycles. The Morgan fingerprint density at radius 2 is 1.42 bits per heavy atom. The summed E-state index contributed by atoms with van der Waals surface area (Å²) < 4.78 is 68.3. The SMILES string of the molecule is CCOC1CCC2CC(c3ccc(C#Cc4ccc(OC)c(F)c4F)c(F)c3F)CCC2C1. The van der Waals surface area contributed by atoms with E-state index >= 15 is 0 Å². The minimum atomic E-state index is -1.19. The van der Waals surface area contributed by atoms with Crippen molar-refractivity contribution in [3.05, 3.63) is 64.2 Å². The lowest BCUT2D eigenvalue weighted by Crippen LogP contribution is -2.34. The maximum absolute atomic E-state index is 15.0. The molecule has 2 aliphatic carbocycles. The van der Waals surface area contributed by atoms with Crippen LogP contribution in [-0.4, -0.2) is 19.8 Å². The molecule has 2 aliphatic rings. The fourth-order valence-electron chi connectivity index (χ4n) is 5.41. The molecule has 0 spiro atoms. The summed E-state index contributed by atoms with van der Waals surface area (Å²) in [7, 11) is 1.22. The summed E-state index contributed by atoms with van der Waals surface area (Å²) in [4.78, 5) is 0. The predicted octanol–water partition coefficient (Wildman–Crippen LogP) is 6.74. The van der Waals surface area contributed by atoms with Gasteiger partial charge in [-0.15, -0.1) is 0 Å². The highest BCUT2D eigenvalue weighted by Gasteiger charge is 2.37. The van der Waals surface area contributed by atoms with Crippen LogP contribution in [0.4, 0.5) is 17.6 Å². The molecule has 0 heterocycles. The van der Waals surface area contributed by atoms with Crippen molar-refractivity contribution in [1.82, 2.24) is 0 Å². The molecular weight excluding hydrogens is 432 g/mol. The number of fused-ring (bicyclic) bond motifs is 1. The Hall–Kier alpha value is -2.52. The molecule has 2 nitrogen and oxygen atoms in total. The smallest absolute Gasteiger partial charge is 0.201 e. The van der Waals surface area contributed by atoms with Crippen molar-refractivity contribution in [3.8, 4) is 17.6 Å². The highest BCUT2D eigenvalue weighted by Crippen LogP contribution is 2.47. The van der Waals surface area contributed by atoms with Crippen LogP contribution in [0.25, 0.3) is 0 Å². The third-order valence-electron chi connectivity index (χ3n) is 7.12. The van der Waals surface area contributed by atoms with Gasteiger partial charge in [0, 0.05) is 6.61 Å². The van der Waals surface area contributed by atoms with Gasteiger partial charge in [0.25, 0.3) is 0 Å². The molecule has 0 N–H and O–H groups in total. The number of hydrogen-bond donors (Lipinski definition) is 0. The van der Waals surface area contributed by atoms with Crippen LogP contribution in [-0.2, 0) is 4.74 Å². The molecule has 2 aromatic carbocycles. The Labute approximate surface area is 192 Å². The summed E-state index contributed by atoms with van der Waals surface area (Å²) in [6.45, 7) is 2.74. The summed E-state index contributed by atoms with van der Waals surface area (Å²) in [5.74, 6) is 1.37. The van der Waals surface area contributed by atoms with E-state index in [4.69, 9.17) is 9.47 Å². The number of halogens is 4. The van der Waals surface area contributed by atoms with Crippen LogP contribution in [0.15, 0.2) is 24.3 Å². The largest absolute Gasteiger partial charge is 0.494 e. The van der Waals surface area contributed by atoms with E-state index in [1.165, 1.54) is 25.3 Å². The highest BCUT2D eigenvalue weighted by atomic mass is 19.2. The van der Waals surface area contributed by atoms with Crippen molar-refractivity contribution in [1.29, 1.82) is 0 Å². The van der Waals surface area contributed by atoms with E-state index in [0.29, 0.717) is 23.5 Å². The maximum Gasteiger partial charge on any atom is 0.201 e. The molecule has 33 heavy (non-hydrogen) atoms. The topological polar surface area (TPSA) is 18.5 Å². The Morgan fingerprint density at radius 1 is 0.788 bits per heavy atom. The normalized spacial score (nSPS) is 24.5. The van der Waals surface area contributed by atoms with E-state index in [0.717, 1.165) is 45.1 Å². The number of methoxy groups -OCH3 is 1. The third kappa shape index (κ3) is 4.89. The van der Waals surface area contributed by atoms with E-state index in [1.54, 1.807) is 6.07 Å². The van der Waals surface area contributed by atoms with Crippen LogP contribution in [0, 0.1) is 46.9 Å². The van der Waals surface area contributed by atoms with Crippen LogP contribution >= 0.6 is 0 Å². The molecule has 0 aromatic heterocycles. The molecule has 6 heteroatoms. The molecule has 0 radical (unpaired) electrons. The lowest BCUT2D eigenvalue weighted by Gasteiger charge is -2.42. The van der Waals surface area contributed by atoms with Crippen molar-refractivity contribution in [3.63, 3.8) is 0 Å². The van der Waals surface area contributed by atoms with Gasteiger partial charge in [-0.3, -0.25) is 0 Å². The second kappa shape index (κ2) is 10.2. The van der Waals surface area contributed by atoms with Gasteiger partial charge in [-0.1, -0.05) is 17.9 Å². The molecule has 4 atom stereocenters. The Bertz CT molecular complexity index is 1070. The Kier molecular flexibility index (Phi) is 7.29. The first-order valence-corrected chi connectivity index (χ1v) is 11.6. The van der Waals surface area contributed by atoms with Gasteiger partial charge in [0.2, 0.25) is 5.82 Å². The predicted molar refractivity (Wildman–Crippen MR) is 118 cm³/mol. The maximum atomic E-state index is 15.0. The lowest BCUT2D eigenvalue weighted by molar-refractivity contribution is -0.00970. The van der Waals surface area contributed by atoms with Gasteiger partial charge >= 0.3 is 0 Å². The zero-order valence-corrected chi connectivity index (χ0v) is 18.9. The van der Waals surface area contributed by atoms with Gasteiger partial charge < -0.3 is 9.47 Å². The summed E-state index contributed by atoms with van der Waals surface area (Å²) in [5.41, 5.74) is -0.0546. The van der Waals surface area contributed by atoms with Crippen LogP contribution in [0.5, 0.6) is 5.75 Å². The van der Waals surface area contributed by atoms with Crippen LogP contribution < -0.4 is 4.74 Å². The molecule has 0 aliphatic heterocycles. The van der Waals surface area contributed by atoms with Gasteiger partial charge in [0.05, 0.1) is 24.3 Å². The van der Waals surface area contributed by atoms with Gasteiger partial charge in [0.15, 0.2) is 23.2 Å². The average molecular weight is 461 g/mol. The van der Waals surface area contributed by atoms with E-state index < -0.39 is 23.3 Å². The molecule has 2 fully saturated rings. The van der Waals surface area contributed by atoms with E-state index in [1.807, 2.05) is 6.92 Å². The Morgan fingerprint density at radius 3 is 2.12 bits per heavy atom. The van der Waals surface area contributed by atoms with Crippen LogP contribution in [0.3, 0.4) is 0 Å². The minimum Gasteiger partial charge on any atom is -0.494 e. The third-order valence-corrected chi connectivity index (χ3v) is 7.12. The zero-order valence-electron chi connectivity index (χ0n) is 18.9. The molecular formula is C27H28F4O2. The lowest BCUT2D eigenvalue weighted by atomic mass is 9.65. The highest BCUT2D eigenvalue weighted by molar-refractivity contribution is 5.47. The fourth-order valence-corrected chi connectivity index (χ4v) is 5.41. The molecule has 2 saturated carbocycles. The van der Waals surface area contributed by atoms with Gasteiger partial charge in [-0.05, 0) is 87.0 Å². The van der Waals surface area contributed by atoms with Crippen molar-refractivity contribution in [2.24, 2.45) is 11.8 Å². The molecule has 0 amide bonds. The van der Waals surface area contributed by atoms with E-state index in [-0.39, 0.29) is 22.8 Å². The van der Waals surface area contributed by atoms with Crippen molar-refractivity contribution < 1.29 is 27.0 Å². The first kappa shape index (κ1) is 23.6. The van der Waals surface area contributed by atoms with Crippen molar-refractivity contribution in [2.75, 3.05) is 13.7 Å². The average Bonchev–Trinajstić information content (AvgIpc) is 2.82. The number of ether oxygens (including phenoxy) is 2. The summed E-state index contributed by atoms with van der Waals surface area (Å²) in [6.07, 6.45) is 6.12. The molecule has 0 bridgehead atoms. The monoisotopic (exact) mass is 460 g/mol. The minimum absolute atomic E-state index is 0.0282. The summed E-state index contributed by atoms with van der Waals surface area (Å²) in [5, 5.41) is 0. The molecule has 4 rings (SSSR count). The standard InChI is InChI=1S/C27H28F4O2/c1-3-33-21-11-8-18-14-20(7-6-19(18)15-21)22-12-9-16(24(28)26(22)30)4-5-17-10-13-23(32-2)27(31)25(17)29/h9-10,12-13,18-21H,3,6-8,11,14-15H2,1-2H3. The number of rotatable bonds is 4. The number of hydrogen-bond acceptors (Lipinski definition) is 2. The van der Waals surface area contributed by atoms with Crippen molar-refractivity contribution >= 4 is 0 Å². The summed E-state index contributed by atoms with van der Waals surface area (Å²) >= 11 is 0. The van der Waals surface area contributed by atoms with Gasteiger partial charge in [0.1, 0.15) is 0 Å². The van der Waals surface area contributed by atoms with E-state index in [9.17, 15) is 17.6 Å². The zero-order chi connectivity index (χ0) is 23.5. The first-order valence-electron chi connectivity index (χ1n) is 11.6. The molecule has 176 valence electrons. The quantitative estimate of drug-likeness (QED) is 0.372. The van der Waals surface area contributed by atoms with Gasteiger partial charge in [-0.25, -0.2) is 13.2 Å². The summed E-state index contributed by atoms with van der Waals surface area (Å²) in [6, 6.07) is 5.49. The first-order chi connectivity index (χ1) is 15.9. The Balaban J connectivity index is 1.50. The molecule has 2 aromatic rings. The van der Waals surface area contributed by atoms with Crippen LogP contribution in [0.1, 0.15) is 68.1 Å². The van der Waals surface area contributed by atoms with Gasteiger partial charge in [-0.2, -0.15) is 4.39 Å². The fraction of sp³-hybridized carbons (Fsp3) is 0.481. The number of benzene rings is 2. The molecule has 4 unspecified atom stereocenters.